The van der Waals surface area contributed by atoms with Gasteiger partial charge in [0.05, 0.1) is 23.8 Å². The van der Waals surface area contributed by atoms with Crippen molar-refractivity contribution in [2.75, 3.05) is 26.7 Å². The van der Waals surface area contributed by atoms with Gasteiger partial charge in [0.2, 0.25) is 5.91 Å². The number of nitrogens with one attached hydrogen (secondary N) is 2. The number of hydrogen-bond donors (Lipinski definition) is 2. The van der Waals surface area contributed by atoms with Crippen LogP contribution >= 0.6 is 11.3 Å². The van der Waals surface area contributed by atoms with Crippen LogP contribution in [0.25, 0.3) is 0 Å². The number of rotatable bonds is 8. The lowest BCUT2D eigenvalue weighted by molar-refractivity contribution is -0.121. The van der Waals surface area contributed by atoms with Crippen molar-refractivity contribution in [3.63, 3.8) is 0 Å². The highest BCUT2D eigenvalue weighted by atomic mass is 32.1. The molecule has 0 radical (unpaired) electrons. The number of nitrogens with zero attached hydrogens (tertiary/aromatic N) is 3. The summed E-state index contributed by atoms with van der Waals surface area (Å²) in [5.41, 5.74) is 1.06. The van der Waals surface area contributed by atoms with Crippen LogP contribution in [0.15, 0.2) is 10.4 Å². The minimum absolute atomic E-state index is 0.165. The number of aliphatic imine (C=N–C) groups is 1. The molecule has 1 aromatic rings. The normalized spacial score (nSPS) is 15.4. The summed E-state index contributed by atoms with van der Waals surface area (Å²) >= 11 is 1.66. The third-order valence-corrected chi connectivity index (χ3v) is 5.23. The molecule has 7 heteroatoms. The number of carbonyl (C=O) groups is 1. The Hall–Kier alpha value is -1.63. The Morgan fingerprint density at radius 2 is 2.16 bits per heavy atom. The van der Waals surface area contributed by atoms with Crippen molar-refractivity contribution in [3.05, 3.63) is 16.1 Å². The van der Waals surface area contributed by atoms with E-state index in [1.807, 2.05) is 14.0 Å². The van der Waals surface area contributed by atoms with Gasteiger partial charge in [-0.3, -0.25) is 9.79 Å². The van der Waals surface area contributed by atoms with Gasteiger partial charge in [-0.25, -0.2) is 4.98 Å². The highest BCUT2D eigenvalue weighted by Gasteiger charge is 2.18. The highest BCUT2D eigenvalue weighted by Crippen LogP contribution is 2.27. The van der Waals surface area contributed by atoms with Crippen LogP contribution in [0.1, 0.15) is 49.7 Å². The molecule has 0 atom stereocenters. The van der Waals surface area contributed by atoms with E-state index in [1.165, 1.54) is 25.7 Å². The van der Waals surface area contributed by atoms with E-state index in [0.29, 0.717) is 25.4 Å². The third kappa shape index (κ3) is 7.02. The molecule has 25 heavy (non-hydrogen) atoms. The molecule has 1 amide bonds. The number of aromatic nitrogens is 1. The van der Waals surface area contributed by atoms with Crippen molar-refractivity contribution in [1.29, 1.82) is 0 Å². The van der Waals surface area contributed by atoms with Crippen molar-refractivity contribution >= 4 is 23.2 Å². The van der Waals surface area contributed by atoms with E-state index in [4.69, 9.17) is 0 Å². The first-order chi connectivity index (χ1) is 12.1. The molecule has 2 N–H and O–H groups in total. The van der Waals surface area contributed by atoms with Crippen LogP contribution in [0.3, 0.4) is 0 Å². The van der Waals surface area contributed by atoms with Crippen LogP contribution in [0.4, 0.5) is 0 Å². The van der Waals surface area contributed by atoms with Crippen molar-refractivity contribution < 1.29 is 4.79 Å². The Morgan fingerprint density at radius 1 is 1.40 bits per heavy atom. The van der Waals surface area contributed by atoms with Gasteiger partial charge in [-0.1, -0.05) is 12.8 Å². The molecule has 2 rings (SSSR count). The monoisotopic (exact) mass is 365 g/mol. The predicted molar refractivity (Wildman–Crippen MR) is 104 cm³/mol. The maximum atomic E-state index is 12.0. The van der Waals surface area contributed by atoms with Crippen LogP contribution in [-0.2, 0) is 11.3 Å². The molecule has 0 unspecified atom stereocenters. The molecule has 1 aliphatic rings. The summed E-state index contributed by atoms with van der Waals surface area (Å²) in [4.78, 5) is 23.1. The minimum atomic E-state index is 0.165. The Morgan fingerprint density at radius 3 is 2.80 bits per heavy atom. The lowest BCUT2D eigenvalue weighted by Crippen LogP contribution is -2.39. The molecule has 1 saturated carbocycles. The molecule has 0 spiro atoms. The molecular formula is C18H31N5OS. The topological polar surface area (TPSA) is 69.6 Å². The predicted octanol–water partition coefficient (Wildman–Crippen LogP) is 2.55. The average Bonchev–Trinajstić information content (AvgIpc) is 3.22. The number of amides is 1. The highest BCUT2D eigenvalue weighted by molar-refractivity contribution is 7.09. The maximum absolute atomic E-state index is 12.0. The summed E-state index contributed by atoms with van der Waals surface area (Å²) in [6, 6.07) is 0. The van der Waals surface area contributed by atoms with E-state index in [2.05, 4.69) is 37.8 Å². The largest absolute Gasteiger partial charge is 0.357 e. The summed E-state index contributed by atoms with van der Waals surface area (Å²) in [5, 5.41) is 9.45. The van der Waals surface area contributed by atoms with Crippen LogP contribution in [0.5, 0.6) is 0 Å². The summed E-state index contributed by atoms with van der Waals surface area (Å²) < 4.78 is 0. The number of aryl methyl sites for hydroxylation is 1. The first kappa shape index (κ1) is 19.7. The molecule has 1 fully saturated rings. The van der Waals surface area contributed by atoms with Crippen LogP contribution in [0, 0.1) is 12.8 Å². The quantitative estimate of drug-likeness (QED) is 0.422. The second kappa shape index (κ2) is 10.4. The maximum Gasteiger partial charge on any atom is 0.220 e. The summed E-state index contributed by atoms with van der Waals surface area (Å²) in [7, 11) is 2.01. The zero-order valence-corrected chi connectivity index (χ0v) is 16.5. The van der Waals surface area contributed by atoms with Crippen molar-refractivity contribution in [2.24, 2.45) is 10.9 Å². The molecule has 1 aliphatic carbocycles. The van der Waals surface area contributed by atoms with E-state index in [9.17, 15) is 4.79 Å². The Labute approximate surface area is 155 Å². The van der Waals surface area contributed by atoms with Gasteiger partial charge < -0.3 is 15.5 Å². The van der Waals surface area contributed by atoms with Crippen molar-refractivity contribution in [1.82, 2.24) is 20.5 Å². The molecule has 0 aromatic carbocycles. The van der Waals surface area contributed by atoms with E-state index in [1.54, 1.807) is 11.3 Å². The molecule has 0 saturated heterocycles. The van der Waals surface area contributed by atoms with E-state index < -0.39 is 0 Å². The Balaban J connectivity index is 1.74. The number of hydrogen-bond acceptors (Lipinski definition) is 4. The molecule has 6 nitrogen and oxygen atoms in total. The van der Waals surface area contributed by atoms with Crippen LogP contribution < -0.4 is 10.6 Å². The molecule has 0 aliphatic heterocycles. The van der Waals surface area contributed by atoms with Crippen LogP contribution in [-0.4, -0.2) is 48.4 Å². The van der Waals surface area contributed by atoms with E-state index in [0.717, 1.165) is 29.8 Å². The van der Waals surface area contributed by atoms with Gasteiger partial charge in [-0.15, -0.1) is 11.3 Å². The molecule has 1 heterocycles. The lowest BCUT2D eigenvalue weighted by atomic mass is 10.0. The fourth-order valence-electron chi connectivity index (χ4n) is 3.17. The number of guanidine groups is 1. The Bertz CT molecular complexity index is 566. The van der Waals surface area contributed by atoms with Gasteiger partial charge in [0.1, 0.15) is 0 Å². The van der Waals surface area contributed by atoms with Gasteiger partial charge >= 0.3 is 0 Å². The molecule has 140 valence electrons. The standard InChI is InChI=1S/C18H31N5OS/c1-4-19-18(23(3)12-16-13-25-14(2)22-16)21-10-9-20-17(24)11-15-7-5-6-8-15/h13,15H,4-12H2,1-3H3,(H,19,21)(H,20,24). The first-order valence-electron chi connectivity index (χ1n) is 9.25. The van der Waals surface area contributed by atoms with Crippen molar-refractivity contribution in [3.8, 4) is 0 Å². The van der Waals surface area contributed by atoms with E-state index in [-0.39, 0.29) is 5.91 Å². The second-order valence-corrected chi connectivity index (χ2v) is 7.72. The van der Waals surface area contributed by atoms with Gasteiger partial charge in [0.25, 0.3) is 0 Å². The minimum Gasteiger partial charge on any atom is -0.357 e. The summed E-state index contributed by atoms with van der Waals surface area (Å²) in [6.45, 7) is 6.78. The zero-order chi connectivity index (χ0) is 18.1. The van der Waals surface area contributed by atoms with Gasteiger partial charge in [0.15, 0.2) is 5.96 Å². The summed E-state index contributed by atoms with van der Waals surface area (Å²) in [5.74, 6) is 1.60. The van der Waals surface area contributed by atoms with E-state index >= 15 is 0 Å². The Kier molecular flexibility index (Phi) is 8.18. The second-order valence-electron chi connectivity index (χ2n) is 6.65. The van der Waals surface area contributed by atoms with Gasteiger partial charge in [-0.2, -0.15) is 0 Å². The fourth-order valence-corrected chi connectivity index (χ4v) is 3.78. The molecular weight excluding hydrogens is 334 g/mol. The van der Waals surface area contributed by atoms with Gasteiger partial charge in [0, 0.05) is 31.9 Å². The third-order valence-electron chi connectivity index (χ3n) is 4.41. The lowest BCUT2D eigenvalue weighted by Gasteiger charge is -2.21. The number of carbonyl (C=O) groups excluding carboxylic acids is 1. The summed E-state index contributed by atoms with van der Waals surface area (Å²) in [6.07, 6.45) is 5.64. The zero-order valence-electron chi connectivity index (χ0n) is 15.7. The number of thiazole rings is 1. The smallest absolute Gasteiger partial charge is 0.220 e. The molecule has 1 aromatic heterocycles. The SMILES string of the molecule is CCNC(=NCCNC(=O)CC1CCCC1)N(C)Cc1csc(C)n1. The van der Waals surface area contributed by atoms with Gasteiger partial charge in [-0.05, 0) is 32.6 Å². The van der Waals surface area contributed by atoms with Crippen LogP contribution in [0.2, 0.25) is 0 Å². The first-order valence-corrected chi connectivity index (χ1v) is 10.1. The molecule has 0 bridgehead atoms. The van der Waals surface area contributed by atoms with Crippen molar-refractivity contribution in [2.45, 2.75) is 52.5 Å². The average molecular weight is 366 g/mol. The fraction of sp³-hybridized carbons (Fsp3) is 0.722.